The third-order valence-electron chi connectivity index (χ3n) is 6.59. The summed E-state index contributed by atoms with van der Waals surface area (Å²) in [6.07, 6.45) is -1.89. The van der Waals surface area contributed by atoms with Crippen LogP contribution in [0.4, 0.5) is 19.0 Å². The minimum atomic E-state index is -4.81. The van der Waals surface area contributed by atoms with Crippen molar-refractivity contribution in [2.45, 2.75) is 18.9 Å². The van der Waals surface area contributed by atoms with Crippen LogP contribution in [0.15, 0.2) is 67.0 Å². The first kappa shape index (κ1) is 28.3. The molecular formula is C28H25F3N6O3S. The lowest BCUT2D eigenvalue weighted by atomic mass is 9.98. The van der Waals surface area contributed by atoms with Crippen LogP contribution in [0, 0.1) is 6.92 Å². The molecule has 2 aromatic heterocycles. The standard InChI is InChI=1S/C28H25F3N6O3S/c1-18-15-33-22(16-32-18)26(38)37-13-11-36(12-14-37)25-23(20-5-3-2-4-6-20)24(34-27(35-25)28(29,30)31)21-9-7-19(8-10-21)17-41(39)40/h2-10,15-16H,11-14,17H2,1H3,(H,39,40). The van der Waals surface area contributed by atoms with Crippen molar-refractivity contribution in [2.75, 3.05) is 31.1 Å². The van der Waals surface area contributed by atoms with E-state index in [4.69, 9.17) is 0 Å². The highest BCUT2D eigenvalue weighted by atomic mass is 32.2. The highest BCUT2D eigenvalue weighted by Gasteiger charge is 2.38. The van der Waals surface area contributed by atoms with Crippen molar-refractivity contribution in [1.82, 2.24) is 24.8 Å². The summed E-state index contributed by atoms with van der Waals surface area (Å²) in [6, 6.07) is 15.3. The number of hydrogen-bond donors (Lipinski definition) is 1. The van der Waals surface area contributed by atoms with Crippen molar-refractivity contribution in [3.05, 3.63) is 89.8 Å². The third-order valence-corrected chi connectivity index (χ3v) is 7.17. The molecule has 41 heavy (non-hydrogen) atoms. The highest BCUT2D eigenvalue weighted by molar-refractivity contribution is 7.78. The van der Waals surface area contributed by atoms with Crippen molar-refractivity contribution >= 4 is 22.8 Å². The van der Waals surface area contributed by atoms with Gasteiger partial charge in [-0.15, -0.1) is 0 Å². The molecule has 4 aromatic rings. The lowest BCUT2D eigenvalue weighted by Crippen LogP contribution is -2.49. The maximum atomic E-state index is 14.1. The Balaban J connectivity index is 1.55. The zero-order valence-electron chi connectivity index (χ0n) is 21.9. The van der Waals surface area contributed by atoms with Crippen LogP contribution in [0.3, 0.4) is 0 Å². The van der Waals surface area contributed by atoms with Crippen molar-refractivity contribution in [1.29, 1.82) is 0 Å². The quantitative estimate of drug-likeness (QED) is 0.328. The van der Waals surface area contributed by atoms with E-state index in [0.29, 0.717) is 27.9 Å². The third kappa shape index (κ3) is 6.41. The Morgan fingerprint density at radius 3 is 2.20 bits per heavy atom. The molecule has 13 heteroatoms. The predicted octanol–water partition coefficient (Wildman–Crippen LogP) is 4.61. The van der Waals surface area contributed by atoms with Gasteiger partial charge in [-0.25, -0.2) is 19.2 Å². The Kier molecular flexibility index (Phi) is 8.08. The van der Waals surface area contributed by atoms with E-state index in [9.17, 15) is 26.7 Å². The maximum Gasteiger partial charge on any atom is 0.451 e. The molecule has 0 saturated carbocycles. The van der Waals surface area contributed by atoms with Crippen molar-refractivity contribution in [3.63, 3.8) is 0 Å². The van der Waals surface area contributed by atoms with E-state index in [2.05, 4.69) is 19.9 Å². The number of hydrogen-bond acceptors (Lipinski definition) is 7. The summed E-state index contributed by atoms with van der Waals surface area (Å²) >= 11 is -2.06. The fraction of sp³-hybridized carbons (Fsp3) is 0.250. The van der Waals surface area contributed by atoms with Crippen LogP contribution in [0.1, 0.15) is 27.6 Å². The van der Waals surface area contributed by atoms with Gasteiger partial charge in [0.15, 0.2) is 11.1 Å². The first-order valence-electron chi connectivity index (χ1n) is 12.6. The Morgan fingerprint density at radius 2 is 1.61 bits per heavy atom. The summed E-state index contributed by atoms with van der Waals surface area (Å²) in [5.74, 6) is -1.58. The van der Waals surface area contributed by atoms with Crippen molar-refractivity contribution in [2.24, 2.45) is 0 Å². The molecular weight excluding hydrogens is 557 g/mol. The zero-order valence-corrected chi connectivity index (χ0v) is 22.7. The largest absolute Gasteiger partial charge is 0.451 e. The first-order chi connectivity index (χ1) is 19.6. The Labute approximate surface area is 236 Å². The summed E-state index contributed by atoms with van der Waals surface area (Å²) in [6.45, 7) is 2.73. The molecule has 0 radical (unpaired) electrons. The Morgan fingerprint density at radius 1 is 0.927 bits per heavy atom. The van der Waals surface area contributed by atoms with Gasteiger partial charge in [0.2, 0.25) is 5.82 Å². The first-order valence-corrected chi connectivity index (χ1v) is 13.9. The highest BCUT2D eigenvalue weighted by Crippen LogP contribution is 2.40. The second-order valence-electron chi connectivity index (χ2n) is 9.44. The molecule has 0 spiro atoms. The fourth-order valence-electron chi connectivity index (χ4n) is 4.57. The number of anilines is 1. The number of alkyl halides is 3. The Bertz CT molecular complexity index is 1560. The number of amides is 1. The van der Waals surface area contributed by atoms with Gasteiger partial charge in [0.25, 0.3) is 5.91 Å². The van der Waals surface area contributed by atoms with Gasteiger partial charge in [0, 0.05) is 37.9 Å². The minimum Gasteiger partial charge on any atom is -0.352 e. The molecule has 1 N–H and O–H groups in total. The summed E-state index contributed by atoms with van der Waals surface area (Å²) < 4.78 is 62.7. The molecule has 212 valence electrons. The van der Waals surface area contributed by atoms with Crippen LogP contribution in [0.2, 0.25) is 0 Å². The molecule has 1 aliphatic heterocycles. The van der Waals surface area contributed by atoms with E-state index in [1.807, 2.05) is 0 Å². The van der Waals surface area contributed by atoms with Crippen LogP contribution >= 0.6 is 0 Å². The number of carbonyl (C=O) groups excluding carboxylic acids is 1. The second-order valence-corrected chi connectivity index (χ2v) is 10.4. The molecule has 1 saturated heterocycles. The molecule has 2 aromatic carbocycles. The predicted molar refractivity (Wildman–Crippen MR) is 147 cm³/mol. The summed E-state index contributed by atoms with van der Waals surface area (Å²) in [5.41, 5.74) is 2.96. The number of aromatic nitrogens is 4. The molecule has 9 nitrogen and oxygen atoms in total. The van der Waals surface area contributed by atoms with E-state index in [1.54, 1.807) is 71.3 Å². The van der Waals surface area contributed by atoms with Gasteiger partial charge in [-0.1, -0.05) is 54.6 Å². The second kappa shape index (κ2) is 11.7. The molecule has 0 bridgehead atoms. The maximum absolute atomic E-state index is 14.1. The van der Waals surface area contributed by atoms with E-state index in [-0.39, 0.29) is 55.0 Å². The van der Waals surface area contributed by atoms with Crippen molar-refractivity contribution in [3.8, 4) is 22.4 Å². The van der Waals surface area contributed by atoms with E-state index < -0.39 is 23.1 Å². The van der Waals surface area contributed by atoms with Gasteiger partial charge in [0.05, 0.1) is 28.9 Å². The van der Waals surface area contributed by atoms with Crippen LogP contribution in [0.25, 0.3) is 22.4 Å². The lowest BCUT2D eigenvalue weighted by molar-refractivity contribution is -0.144. The van der Waals surface area contributed by atoms with Gasteiger partial charge in [-0.2, -0.15) is 13.2 Å². The SMILES string of the molecule is Cc1cnc(C(=O)N2CCN(c3nc(C(F)(F)F)nc(-c4ccc(CS(=O)O)cc4)c3-c3ccccc3)CC2)cn1. The number of carbonyl (C=O) groups is 1. The van der Waals surface area contributed by atoms with Gasteiger partial charge < -0.3 is 14.4 Å². The normalized spacial score (nSPS) is 14.7. The summed E-state index contributed by atoms with van der Waals surface area (Å²) in [4.78, 5) is 32.5. The summed E-state index contributed by atoms with van der Waals surface area (Å²) in [5, 5.41) is 0. The molecule has 1 fully saturated rings. The molecule has 1 amide bonds. The van der Waals surface area contributed by atoms with Crippen LogP contribution in [-0.4, -0.2) is 65.7 Å². The topological polar surface area (TPSA) is 112 Å². The molecule has 0 aliphatic carbocycles. The van der Waals surface area contributed by atoms with Crippen molar-refractivity contribution < 1.29 is 26.7 Å². The molecule has 1 atom stereocenters. The summed E-state index contributed by atoms with van der Waals surface area (Å²) in [7, 11) is 0. The molecule has 1 aliphatic rings. The Hall–Kier alpha value is -4.23. The van der Waals surface area contributed by atoms with Crippen LogP contribution < -0.4 is 4.90 Å². The van der Waals surface area contributed by atoms with Gasteiger partial charge in [-0.05, 0) is 18.1 Å². The van der Waals surface area contributed by atoms with E-state index >= 15 is 0 Å². The smallest absolute Gasteiger partial charge is 0.352 e. The monoisotopic (exact) mass is 582 g/mol. The number of rotatable bonds is 6. The minimum absolute atomic E-state index is 0.0821. The van der Waals surface area contributed by atoms with Gasteiger partial charge in [0.1, 0.15) is 11.5 Å². The molecule has 3 heterocycles. The lowest BCUT2D eigenvalue weighted by Gasteiger charge is -2.36. The average molecular weight is 583 g/mol. The number of aryl methyl sites for hydroxylation is 1. The van der Waals surface area contributed by atoms with Crippen LogP contribution in [0.5, 0.6) is 0 Å². The number of benzene rings is 2. The molecule has 5 rings (SSSR count). The number of halogens is 3. The van der Waals surface area contributed by atoms with Gasteiger partial charge in [-0.3, -0.25) is 9.78 Å². The van der Waals surface area contributed by atoms with E-state index in [0.717, 1.165) is 0 Å². The van der Waals surface area contributed by atoms with Crippen LogP contribution in [-0.2, 0) is 23.0 Å². The number of piperazine rings is 1. The number of nitrogens with zero attached hydrogens (tertiary/aromatic N) is 6. The average Bonchev–Trinajstić information content (AvgIpc) is 2.97. The zero-order chi connectivity index (χ0) is 29.1. The van der Waals surface area contributed by atoms with E-state index in [1.165, 1.54) is 12.4 Å². The molecule has 1 unspecified atom stereocenters. The fourth-order valence-corrected chi connectivity index (χ4v) is 5.05. The van der Waals surface area contributed by atoms with Gasteiger partial charge >= 0.3 is 6.18 Å².